The minimum absolute atomic E-state index is 0.00198. The largest absolute Gasteiger partial charge is 0.309 e. The molecular formula is C24H22BrN3O3S. The summed E-state index contributed by atoms with van der Waals surface area (Å²) in [5.74, 6) is -0.159. The third kappa shape index (κ3) is 3.66. The number of pyridine rings is 1. The van der Waals surface area contributed by atoms with Gasteiger partial charge in [0.25, 0.3) is 0 Å². The second kappa shape index (κ2) is 7.79. The fourth-order valence-electron chi connectivity index (χ4n) is 4.85. The number of anilines is 1. The molecule has 6 nitrogen and oxygen atoms in total. The van der Waals surface area contributed by atoms with Crippen LogP contribution in [0, 0.1) is 5.92 Å². The van der Waals surface area contributed by atoms with Gasteiger partial charge in [-0.3, -0.25) is 9.78 Å². The van der Waals surface area contributed by atoms with Crippen molar-refractivity contribution in [3.63, 3.8) is 0 Å². The van der Waals surface area contributed by atoms with Crippen molar-refractivity contribution < 1.29 is 13.2 Å². The van der Waals surface area contributed by atoms with Gasteiger partial charge >= 0.3 is 0 Å². The van der Waals surface area contributed by atoms with E-state index in [-0.39, 0.29) is 22.8 Å². The first kappa shape index (κ1) is 21.3. The summed E-state index contributed by atoms with van der Waals surface area (Å²) in [5.41, 5.74) is 5.88. The van der Waals surface area contributed by atoms with Gasteiger partial charge in [-0.15, -0.1) is 0 Å². The molecule has 3 aromatic rings. The molecule has 2 aromatic carbocycles. The van der Waals surface area contributed by atoms with Crippen LogP contribution in [0.5, 0.6) is 0 Å². The third-order valence-electron chi connectivity index (χ3n) is 6.34. The molecule has 2 aliphatic rings. The van der Waals surface area contributed by atoms with E-state index in [0.29, 0.717) is 29.4 Å². The van der Waals surface area contributed by atoms with Crippen molar-refractivity contribution in [3.8, 4) is 11.3 Å². The highest BCUT2D eigenvalue weighted by atomic mass is 79.9. The summed E-state index contributed by atoms with van der Waals surface area (Å²) in [6.07, 6.45) is 3.78. The van der Waals surface area contributed by atoms with Crippen LogP contribution in [0.15, 0.2) is 64.1 Å². The van der Waals surface area contributed by atoms with Crippen LogP contribution in [0.4, 0.5) is 5.69 Å². The normalized spacial score (nSPS) is 19.7. The van der Waals surface area contributed by atoms with Gasteiger partial charge in [-0.2, -0.15) is 0 Å². The maximum Gasteiger partial charge on any atom is 0.239 e. The zero-order valence-corrected chi connectivity index (χ0v) is 19.9. The highest BCUT2D eigenvalue weighted by Crippen LogP contribution is 2.40. The predicted octanol–water partition coefficient (Wildman–Crippen LogP) is 3.85. The van der Waals surface area contributed by atoms with E-state index < -0.39 is 10.0 Å². The average Bonchev–Trinajstić information content (AvgIpc) is 3.32. The number of carbonyl (C=O) groups excluding carboxylic acids is 1. The van der Waals surface area contributed by atoms with E-state index in [9.17, 15) is 13.2 Å². The molecule has 0 radical (unpaired) electrons. The maximum atomic E-state index is 13.6. The first-order valence-electron chi connectivity index (χ1n) is 10.4. The van der Waals surface area contributed by atoms with E-state index in [4.69, 9.17) is 5.14 Å². The van der Waals surface area contributed by atoms with Crippen LogP contribution in [0.25, 0.3) is 11.3 Å². The third-order valence-corrected chi connectivity index (χ3v) is 8.21. The van der Waals surface area contributed by atoms with Crippen molar-refractivity contribution >= 4 is 37.5 Å². The molecule has 8 heteroatoms. The second-order valence-corrected chi connectivity index (χ2v) is 10.9. The molecule has 1 aromatic heterocycles. The van der Waals surface area contributed by atoms with Crippen molar-refractivity contribution in [1.82, 2.24) is 4.98 Å². The standard InChI is InChI=1S/C24H22BrN3O3S/c1-14-8-18-12-20(25)23(32(26,30)31)13-22(18)28(14)24(29)19-9-15-5-6-16(10-17(15)11-19)21-4-2-3-7-27-21/h2-7,10,12-14,19H,8-9,11H2,1H3,(H2,26,30,31)/t14-,19-/m1/s1. The van der Waals surface area contributed by atoms with E-state index in [2.05, 4.69) is 39.1 Å². The molecule has 2 atom stereocenters. The molecule has 0 saturated carbocycles. The molecule has 0 fully saturated rings. The Morgan fingerprint density at radius 1 is 1.06 bits per heavy atom. The first-order chi connectivity index (χ1) is 15.2. The van der Waals surface area contributed by atoms with Gasteiger partial charge in [0.15, 0.2) is 0 Å². The Hall–Kier alpha value is -2.55. The van der Waals surface area contributed by atoms with Gasteiger partial charge in [0.05, 0.1) is 10.6 Å². The Balaban J connectivity index is 1.44. The minimum Gasteiger partial charge on any atom is -0.309 e. The van der Waals surface area contributed by atoms with Crippen LogP contribution in [0.3, 0.4) is 0 Å². The lowest BCUT2D eigenvalue weighted by molar-refractivity contribution is -0.122. The van der Waals surface area contributed by atoms with E-state index >= 15 is 0 Å². The molecule has 0 bridgehead atoms. The molecule has 164 valence electrons. The Bertz CT molecular complexity index is 1340. The highest BCUT2D eigenvalue weighted by Gasteiger charge is 2.38. The molecule has 0 saturated heterocycles. The highest BCUT2D eigenvalue weighted by molar-refractivity contribution is 9.10. The number of nitrogens with zero attached hydrogens (tertiary/aromatic N) is 2. The summed E-state index contributed by atoms with van der Waals surface area (Å²) < 4.78 is 24.4. The minimum atomic E-state index is -3.91. The van der Waals surface area contributed by atoms with E-state index in [1.165, 1.54) is 17.2 Å². The number of amides is 1. The van der Waals surface area contributed by atoms with Crippen LogP contribution in [-0.4, -0.2) is 25.4 Å². The number of fused-ring (bicyclic) bond motifs is 2. The van der Waals surface area contributed by atoms with Crippen LogP contribution in [0.2, 0.25) is 0 Å². The number of aromatic nitrogens is 1. The Labute approximate surface area is 195 Å². The number of benzene rings is 2. The van der Waals surface area contributed by atoms with Crippen molar-refractivity contribution in [2.24, 2.45) is 11.1 Å². The number of rotatable bonds is 3. The Morgan fingerprint density at radius 3 is 2.56 bits per heavy atom. The van der Waals surface area contributed by atoms with Gasteiger partial charge in [0, 0.05) is 33.9 Å². The molecule has 1 amide bonds. The quantitative estimate of drug-likeness (QED) is 0.577. The number of halogens is 1. The number of carbonyl (C=O) groups is 1. The number of sulfonamides is 1. The monoisotopic (exact) mass is 511 g/mol. The van der Waals surface area contributed by atoms with Crippen LogP contribution in [0.1, 0.15) is 23.6 Å². The average molecular weight is 512 g/mol. The van der Waals surface area contributed by atoms with Crippen molar-refractivity contribution in [1.29, 1.82) is 0 Å². The maximum absolute atomic E-state index is 13.6. The Morgan fingerprint density at radius 2 is 1.84 bits per heavy atom. The fraction of sp³-hybridized carbons (Fsp3) is 0.250. The van der Waals surface area contributed by atoms with E-state index in [1.54, 1.807) is 17.2 Å². The molecule has 32 heavy (non-hydrogen) atoms. The van der Waals surface area contributed by atoms with Crippen LogP contribution >= 0.6 is 15.9 Å². The van der Waals surface area contributed by atoms with Gasteiger partial charge in [-0.25, -0.2) is 13.6 Å². The molecule has 2 N–H and O–H groups in total. The summed E-state index contributed by atoms with van der Waals surface area (Å²) >= 11 is 3.31. The summed E-state index contributed by atoms with van der Waals surface area (Å²) in [7, 11) is -3.91. The number of hydrogen-bond acceptors (Lipinski definition) is 4. The second-order valence-electron chi connectivity index (χ2n) is 8.52. The fourth-order valence-corrected chi connectivity index (χ4v) is 6.53. The molecular weight excluding hydrogens is 490 g/mol. The van der Waals surface area contributed by atoms with Crippen molar-refractivity contribution in [2.75, 3.05) is 4.90 Å². The van der Waals surface area contributed by atoms with Gasteiger partial charge in [0.2, 0.25) is 15.9 Å². The van der Waals surface area contributed by atoms with Crippen molar-refractivity contribution in [2.45, 2.75) is 37.1 Å². The van der Waals surface area contributed by atoms with Crippen molar-refractivity contribution in [3.05, 3.63) is 75.9 Å². The van der Waals surface area contributed by atoms with Crippen LogP contribution < -0.4 is 10.0 Å². The smallest absolute Gasteiger partial charge is 0.239 e. The number of primary sulfonamides is 1. The summed E-state index contributed by atoms with van der Waals surface area (Å²) in [5, 5.41) is 5.38. The van der Waals surface area contributed by atoms with Gasteiger partial charge in [-0.05, 0) is 89.1 Å². The summed E-state index contributed by atoms with van der Waals surface area (Å²) in [6.45, 7) is 1.99. The van der Waals surface area contributed by atoms with E-state index in [1.807, 2.05) is 25.1 Å². The Kier molecular flexibility index (Phi) is 5.19. The van der Waals surface area contributed by atoms with Gasteiger partial charge in [0.1, 0.15) is 0 Å². The summed E-state index contributed by atoms with van der Waals surface area (Å²) in [4.78, 5) is 19.8. The lowest BCUT2D eigenvalue weighted by Gasteiger charge is -2.26. The zero-order chi connectivity index (χ0) is 22.6. The predicted molar refractivity (Wildman–Crippen MR) is 127 cm³/mol. The molecule has 0 unspecified atom stereocenters. The SMILES string of the molecule is C[C@@H]1Cc2cc(Br)c(S(N)(=O)=O)cc2N1C(=O)[C@@H]1Cc2ccc(-c3ccccn3)cc2C1. The lowest BCUT2D eigenvalue weighted by atomic mass is 10.0. The molecule has 0 spiro atoms. The lowest BCUT2D eigenvalue weighted by Crippen LogP contribution is -2.40. The topological polar surface area (TPSA) is 93.4 Å². The molecule has 2 heterocycles. The first-order valence-corrected chi connectivity index (χ1v) is 12.8. The molecule has 5 rings (SSSR count). The van der Waals surface area contributed by atoms with Crippen LogP contribution in [-0.2, 0) is 34.1 Å². The number of hydrogen-bond donors (Lipinski definition) is 1. The zero-order valence-electron chi connectivity index (χ0n) is 17.5. The van der Waals surface area contributed by atoms with Gasteiger partial charge in [-0.1, -0.05) is 18.2 Å². The summed E-state index contributed by atoms with van der Waals surface area (Å²) in [6, 6.07) is 15.3. The molecule has 1 aliphatic heterocycles. The van der Waals surface area contributed by atoms with Gasteiger partial charge < -0.3 is 4.90 Å². The molecule has 1 aliphatic carbocycles. The van der Waals surface area contributed by atoms with E-state index in [0.717, 1.165) is 16.8 Å². The number of nitrogens with two attached hydrogens (primary N) is 1.